The Morgan fingerprint density at radius 3 is 2.53 bits per heavy atom. The second-order valence-corrected chi connectivity index (χ2v) is 7.32. The minimum atomic E-state index is 0.293. The Labute approximate surface area is 109 Å². The molecule has 0 aromatic rings. The summed E-state index contributed by atoms with van der Waals surface area (Å²) in [6.45, 7) is 4.62. The fraction of sp³-hybridized carbons (Fsp3) is 0.929. The van der Waals surface area contributed by atoms with E-state index in [0.717, 1.165) is 11.8 Å². The zero-order chi connectivity index (χ0) is 11.9. The molecule has 1 aliphatic heterocycles. The van der Waals surface area contributed by atoms with Crippen molar-refractivity contribution in [1.29, 1.82) is 0 Å². The summed E-state index contributed by atoms with van der Waals surface area (Å²) in [4.78, 5) is 5.07. The Hall–Kier alpha value is -0.180. The van der Waals surface area contributed by atoms with Gasteiger partial charge in [-0.1, -0.05) is 18.7 Å². The Morgan fingerprint density at radius 2 is 2.00 bits per heavy atom. The third-order valence-corrected chi connectivity index (χ3v) is 5.45. The molecule has 1 saturated heterocycles. The van der Waals surface area contributed by atoms with Gasteiger partial charge in [0.15, 0.2) is 5.17 Å². The molecule has 0 aromatic carbocycles. The fourth-order valence-corrected chi connectivity index (χ4v) is 3.93. The quantitative estimate of drug-likeness (QED) is 0.829. The van der Waals surface area contributed by atoms with Crippen molar-refractivity contribution in [3.8, 4) is 0 Å². The van der Waals surface area contributed by atoms with Crippen LogP contribution in [0.1, 0.15) is 52.4 Å². The molecule has 0 aromatic heterocycles. The lowest BCUT2D eigenvalue weighted by molar-refractivity contribution is 0.388. The van der Waals surface area contributed by atoms with Crippen LogP contribution in [-0.2, 0) is 0 Å². The number of amidine groups is 1. The number of nitrogens with one attached hydrogen (secondary N) is 1. The minimum Gasteiger partial charge on any atom is -0.360 e. The first-order valence-electron chi connectivity index (χ1n) is 7.19. The van der Waals surface area contributed by atoms with E-state index < -0.39 is 0 Å². The molecule has 1 atom stereocenters. The monoisotopic (exact) mass is 252 g/mol. The summed E-state index contributed by atoms with van der Waals surface area (Å²) in [6.07, 6.45) is 8.16. The summed E-state index contributed by atoms with van der Waals surface area (Å²) in [7, 11) is 0. The van der Waals surface area contributed by atoms with Gasteiger partial charge in [0, 0.05) is 11.3 Å². The van der Waals surface area contributed by atoms with Gasteiger partial charge in [-0.2, -0.15) is 0 Å². The predicted octanol–water partition coefficient (Wildman–Crippen LogP) is 3.43. The minimum absolute atomic E-state index is 0.293. The maximum atomic E-state index is 5.07. The van der Waals surface area contributed by atoms with Crippen molar-refractivity contribution in [1.82, 2.24) is 5.32 Å². The average Bonchev–Trinajstić information content (AvgIpc) is 3.17. The average molecular weight is 252 g/mol. The normalized spacial score (nSPS) is 36.3. The summed E-state index contributed by atoms with van der Waals surface area (Å²) < 4.78 is 0. The van der Waals surface area contributed by atoms with E-state index in [4.69, 9.17) is 4.99 Å². The van der Waals surface area contributed by atoms with E-state index in [-0.39, 0.29) is 0 Å². The molecule has 0 bridgehead atoms. The zero-order valence-electron chi connectivity index (χ0n) is 11.0. The number of rotatable bonds is 4. The van der Waals surface area contributed by atoms with E-state index in [1.807, 2.05) is 11.8 Å². The van der Waals surface area contributed by atoms with Gasteiger partial charge < -0.3 is 5.32 Å². The van der Waals surface area contributed by atoms with Crippen LogP contribution in [0.25, 0.3) is 0 Å². The molecule has 1 unspecified atom stereocenters. The van der Waals surface area contributed by atoms with E-state index in [0.29, 0.717) is 11.6 Å². The Morgan fingerprint density at radius 1 is 1.35 bits per heavy atom. The Kier molecular flexibility index (Phi) is 3.14. The zero-order valence-corrected chi connectivity index (χ0v) is 11.9. The number of nitrogens with zero attached hydrogens (tertiary/aromatic N) is 1. The molecule has 2 nitrogen and oxygen atoms in total. The summed E-state index contributed by atoms with van der Waals surface area (Å²) >= 11 is 1.94. The molecule has 96 valence electrons. The summed E-state index contributed by atoms with van der Waals surface area (Å²) in [5, 5.41) is 4.93. The molecular formula is C14H24N2S. The first kappa shape index (κ1) is 11.9. The van der Waals surface area contributed by atoms with E-state index in [1.165, 1.54) is 49.4 Å². The lowest BCUT2D eigenvalue weighted by Crippen LogP contribution is -2.48. The predicted molar refractivity (Wildman–Crippen MR) is 75.6 cm³/mol. The molecule has 0 spiro atoms. The van der Waals surface area contributed by atoms with Gasteiger partial charge in [-0.05, 0) is 57.3 Å². The van der Waals surface area contributed by atoms with Crippen molar-refractivity contribution in [2.24, 2.45) is 16.8 Å². The number of aliphatic imine (C=N–C) groups is 1. The topological polar surface area (TPSA) is 24.4 Å². The SMILES string of the molecule is CCC1(C)CCSC(=NC(C2CC2)C2CC2)N1. The standard InChI is InChI=1S/C14H24N2S/c1-3-14(2)8-9-17-13(16-14)15-12(10-4-5-10)11-6-7-11/h10-12H,3-9H2,1-2H3,(H,15,16). The highest BCUT2D eigenvalue weighted by molar-refractivity contribution is 8.13. The van der Waals surface area contributed by atoms with E-state index in [1.54, 1.807) is 0 Å². The van der Waals surface area contributed by atoms with Gasteiger partial charge in [0.05, 0.1) is 6.04 Å². The highest BCUT2D eigenvalue weighted by atomic mass is 32.2. The van der Waals surface area contributed by atoms with Gasteiger partial charge >= 0.3 is 0 Å². The maximum Gasteiger partial charge on any atom is 0.157 e. The van der Waals surface area contributed by atoms with E-state index >= 15 is 0 Å². The van der Waals surface area contributed by atoms with Crippen LogP contribution in [-0.4, -0.2) is 22.5 Å². The van der Waals surface area contributed by atoms with Crippen LogP contribution in [0.5, 0.6) is 0 Å². The largest absolute Gasteiger partial charge is 0.360 e. The summed E-state index contributed by atoms with van der Waals surface area (Å²) in [6, 6.07) is 0.657. The van der Waals surface area contributed by atoms with Crippen molar-refractivity contribution in [3.05, 3.63) is 0 Å². The molecule has 3 fully saturated rings. The van der Waals surface area contributed by atoms with Crippen molar-refractivity contribution in [2.45, 2.75) is 64.0 Å². The summed E-state index contributed by atoms with van der Waals surface area (Å²) in [5.74, 6) is 3.08. The molecule has 17 heavy (non-hydrogen) atoms. The second kappa shape index (κ2) is 4.49. The fourth-order valence-electron chi connectivity index (χ4n) is 2.67. The van der Waals surface area contributed by atoms with Gasteiger partial charge in [0.2, 0.25) is 0 Å². The van der Waals surface area contributed by atoms with Crippen LogP contribution < -0.4 is 5.32 Å². The molecule has 2 aliphatic carbocycles. The third kappa shape index (κ3) is 2.81. The maximum absolute atomic E-state index is 5.07. The molecule has 3 aliphatic rings. The van der Waals surface area contributed by atoms with Crippen molar-refractivity contribution in [3.63, 3.8) is 0 Å². The highest BCUT2D eigenvalue weighted by Crippen LogP contribution is 2.46. The van der Waals surface area contributed by atoms with Gasteiger partial charge in [-0.15, -0.1) is 0 Å². The molecule has 1 N–H and O–H groups in total. The van der Waals surface area contributed by atoms with Crippen molar-refractivity contribution in [2.75, 3.05) is 5.75 Å². The number of hydrogen-bond donors (Lipinski definition) is 1. The van der Waals surface area contributed by atoms with Crippen LogP contribution in [0.4, 0.5) is 0 Å². The van der Waals surface area contributed by atoms with E-state index in [9.17, 15) is 0 Å². The van der Waals surface area contributed by atoms with Crippen molar-refractivity contribution < 1.29 is 0 Å². The first-order chi connectivity index (χ1) is 8.20. The molecule has 0 radical (unpaired) electrons. The van der Waals surface area contributed by atoms with Crippen LogP contribution >= 0.6 is 11.8 Å². The molecular weight excluding hydrogens is 228 g/mol. The number of hydrogen-bond acceptors (Lipinski definition) is 2. The summed E-state index contributed by atoms with van der Waals surface area (Å²) in [5.41, 5.74) is 0.293. The van der Waals surface area contributed by atoms with Crippen LogP contribution in [0.15, 0.2) is 4.99 Å². The van der Waals surface area contributed by atoms with Gasteiger partial charge in [-0.25, -0.2) is 0 Å². The molecule has 1 heterocycles. The Bertz CT molecular complexity index is 308. The van der Waals surface area contributed by atoms with Crippen molar-refractivity contribution >= 4 is 16.9 Å². The van der Waals surface area contributed by atoms with Gasteiger partial charge in [0.1, 0.15) is 0 Å². The smallest absolute Gasteiger partial charge is 0.157 e. The third-order valence-electron chi connectivity index (χ3n) is 4.56. The molecule has 3 rings (SSSR count). The number of thioether (sulfide) groups is 1. The molecule has 3 heteroatoms. The lowest BCUT2D eigenvalue weighted by atomic mass is 9.96. The molecule has 2 saturated carbocycles. The highest BCUT2D eigenvalue weighted by Gasteiger charge is 2.42. The van der Waals surface area contributed by atoms with Crippen LogP contribution in [0.2, 0.25) is 0 Å². The Balaban J connectivity index is 1.69. The lowest BCUT2D eigenvalue weighted by Gasteiger charge is -2.35. The van der Waals surface area contributed by atoms with Gasteiger partial charge in [-0.3, -0.25) is 4.99 Å². The first-order valence-corrected chi connectivity index (χ1v) is 8.17. The van der Waals surface area contributed by atoms with Gasteiger partial charge in [0.25, 0.3) is 0 Å². The van der Waals surface area contributed by atoms with Crippen LogP contribution in [0, 0.1) is 11.8 Å². The second-order valence-electron chi connectivity index (χ2n) is 6.24. The van der Waals surface area contributed by atoms with Crippen LogP contribution in [0.3, 0.4) is 0 Å². The van der Waals surface area contributed by atoms with E-state index in [2.05, 4.69) is 19.2 Å². The molecule has 0 amide bonds.